The third kappa shape index (κ3) is 6.58. The van der Waals surface area contributed by atoms with E-state index in [9.17, 15) is 14.7 Å². The van der Waals surface area contributed by atoms with Crippen LogP contribution in [0.2, 0.25) is 0 Å². The van der Waals surface area contributed by atoms with Gasteiger partial charge in [0, 0.05) is 11.3 Å². The molecule has 0 aliphatic rings. The van der Waals surface area contributed by atoms with Gasteiger partial charge in [0.05, 0.1) is 12.7 Å². The average Bonchev–Trinajstić information content (AvgIpc) is 2.82. The number of ether oxygens (including phenoxy) is 3. The van der Waals surface area contributed by atoms with Gasteiger partial charge in [0.25, 0.3) is 5.91 Å². The first-order chi connectivity index (χ1) is 15.0. The molecule has 1 unspecified atom stereocenters. The lowest BCUT2D eigenvalue weighted by molar-refractivity contribution is 0.0597. The predicted molar refractivity (Wildman–Crippen MR) is 116 cm³/mol. The number of esters is 1. The zero-order valence-electron chi connectivity index (χ0n) is 17.0. The molecule has 1 amide bonds. The van der Waals surface area contributed by atoms with Gasteiger partial charge in [0.15, 0.2) is 0 Å². The Hall–Kier alpha value is -3.84. The number of nitrogens with one attached hydrogen (secondary N) is 1. The average molecular weight is 421 g/mol. The molecule has 0 saturated carbocycles. The Morgan fingerprint density at radius 2 is 1.35 bits per heavy atom. The number of methoxy groups -OCH3 is 1. The Kier molecular flexibility index (Phi) is 7.61. The number of aliphatic hydroxyl groups is 1. The molecular formula is C24H23NO6. The summed E-state index contributed by atoms with van der Waals surface area (Å²) in [6.45, 7) is 0.0682. The lowest BCUT2D eigenvalue weighted by Crippen LogP contribution is -2.25. The minimum atomic E-state index is -0.849. The first-order valence-electron chi connectivity index (χ1n) is 9.63. The summed E-state index contributed by atoms with van der Waals surface area (Å²) in [5, 5.41) is 12.9. The zero-order chi connectivity index (χ0) is 22.1. The van der Waals surface area contributed by atoms with Crippen molar-refractivity contribution < 1.29 is 28.9 Å². The monoisotopic (exact) mass is 421 g/mol. The van der Waals surface area contributed by atoms with Crippen molar-refractivity contribution in [1.29, 1.82) is 0 Å². The Morgan fingerprint density at radius 3 is 1.90 bits per heavy atom. The van der Waals surface area contributed by atoms with Gasteiger partial charge in [-0.15, -0.1) is 0 Å². The van der Waals surface area contributed by atoms with Crippen LogP contribution < -0.4 is 14.8 Å². The summed E-state index contributed by atoms with van der Waals surface area (Å²) in [5.41, 5.74) is 1.63. The van der Waals surface area contributed by atoms with E-state index in [1.807, 2.05) is 6.07 Å². The quantitative estimate of drug-likeness (QED) is 0.513. The normalized spacial score (nSPS) is 11.3. The number of carbonyl (C=O) groups is 2. The molecule has 2 N–H and O–H groups in total. The molecule has 1 atom stereocenters. The fraction of sp³-hybridized carbons (Fsp3) is 0.167. The minimum absolute atomic E-state index is 0.0305. The van der Waals surface area contributed by atoms with Crippen LogP contribution in [0.4, 0.5) is 5.69 Å². The van der Waals surface area contributed by atoms with Crippen LogP contribution in [-0.2, 0) is 4.74 Å². The van der Waals surface area contributed by atoms with Crippen molar-refractivity contribution in [2.45, 2.75) is 6.10 Å². The van der Waals surface area contributed by atoms with Gasteiger partial charge in [-0.25, -0.2) is 4.79 Å². The summed E-state index contributed by atoms with van der Waals surface area (Å²) in [4.78, 5) is 23.6. The highest BCUT2D eigenvalue weighted by Crippen LogP contribution is 2.17. The molecule has 7 nitrogen and oxygen atoms in total. The number of aliphatic hydroxyl groups excluding tert-OH is 1. The maximum Gasteiger partial charge on any atom is 0.337 e. The second kappa shape index (κ2) is 10.8. The van der Waals surface area contributed by atoms with Crippen molar-refractivity contribution in [3.63, 3.8) is 0 Å². The van der Waals surface area contributed by atoms with Crippen molar-refractivity contribution >= 4 is 17.6 Å². The first-order valence-corrected chi connectivity index (χ1v) is 9.63. The maximum absolute atomic E-state index is 12.2. The van der Waals surface area contributed by atoms with Crippen molar-refractivity contribution in [2.24, 2.45) is 0 Å². The molecule has 0 heterocycles. The number of anilines is 1. The number of hydrogen-bond donors (Lipinski definition) is 2. The maximum atomic E-state index is 12.2. The van der Waals surface area contributed by atoms with E-state index < -0.39 is 12.1 Å². The predicted octanol–water partition coefficient (Wildman–Crippen LogP) is 3.54. The molecule has 7 heteroatoms. The van der Waals surface area contributed by atoms with Gasteiger partial charge < -0.3 is 24.6 Å². The van der Waals surface area contributed by atoms with Crippen LogP contribution in [0.5, 0.6) is 11.5 Å². The van der Waals surface area contributed by atoms with E-state index in [2.05, 4.69) is 10.1 Å². The standard InChI is InChI=1S/C24H23NO6/c1-29-24(28)18-7-11-21(12-8-18)30-15-20(26)16-31-22-13-9-19(10-14-22)25-23(27)17-5-3-2-4-6-17/h2-14,20,26H,15-16H2,1H3,(H,25,27). The van der Waals surface area contributed by atoms with Crippen molar-refractivity contribution in [3.8, 4) is 11.5 Å². The Morgan fingerprint density at radius 1 is 0.806 bits per heavy atom. The van der Waals surface area contributed by atoms with Gasteiger partial charge in [-0.3, -0.25) is 4.79 Å². The van der Waals surface area contributed by atoms with Crippen LogP contribution in [0.3, 0.4) is 0 Å². The van der Waals surface area contributed by atoms with E-state index in [1.165, 1.54) is 7.11 Å². The SMILES string of the molecule is COC(=O)c1ccc(OCC(O)COc2ccc(NC(=O)c3ccccc3)cc2)cc1. The molecule has 0 aliphatic heterocycles. The molecule has 0 aromatic heterocycles. The lowest BCUT2D eigenvalue weighted by atomic mass is 10.2. The van der Waals surface area contributed by atoms with Crippen LogP contribution in [-0.4, -0.2) is 43.4 Å². The molecule has 0 radical (unpaired) electrons. The molecule has 3 aromatic rings. The van der Waals surface area contributed by atoms with E-state index in [1.54, 1.807) is 72.8 Å². The molecule has 3 rings (SSSR count). The molecule has 3 aromatic carbocycles. The number of benzene rings is 3. The molecule has 160 valence electrons. The van der Waals surface area contributed by atoms with E-state index >= 15 is 0 Å². The molecule has 0 bridgehead atoms. The largest absolute Gasteiger partial charge is 0.491 e. The zero-order valence-corrected chi connectivity index (χ0v) is 17.0. The van der Waals surface area contributed by atoms with Crippen LogP contribution in [0.15, 0.2) is 78.9 Å². The molecule has 0 fully saturated rings. The minimum Gasteiger partial charge on any atom is -0.491 e. The van der Waals surface area contributed by atoms with Crippen molar-refractivity contribution in [2.75, 3.05) is 25.6 Å². The number of amides is 1. The second-order valence-electron chi connectivity index (χ2n) is 6.64. The number of carbonyl (C=O) groups excluding carboxylic acids is 2. The summed E-state index contributed by atoms with van der Waals surface area (Å²) in [6, 6.07) is 22.2. The Bertz CT molecular complexity index is 987. The van der Waals surface area contributed by atoms with Gasteiger partial charge >= 0.3 is 5.97 Å². The van der Waals surface area contributed by atoms with Crippen molar-refractivity contribution in [3.05, 3.63) is 90.0 Å². The molecule has 0 spiro atoms. The van der Waals surface area contributed by atoms with Gasteiger partial charge in [-0.1, -0.05) is 18.2 Å². The summed E-state index contributed by atoms with van der Waals surface area (Å²) in [6.07, 6.45) is -0.849. The smallest absolute Gasteiger partial charge is 0.337 e. The highest BCUT2D eigenvalue weighted by Gasteiger charge is 2.09. The van der Waals surface area contributed by atoms with E-state index in [0.717, 1.165) is 0 Å². The fourth-order valence-corrected chi connectivity index (χ4v) is 2.67. The van der Waals surface area contributed by atoms with Gasteiger partial charge in [0.2, 0.25) is 0 Å². The second-order valence-corrected chi connectivity index (χ2v) is 6.64. The third-order valence-electron chi connectivity index (χ3n) is 4.31. The van der Waals surface area contributed by atoms with E-state index in [4.69, 9.17) is 9.47 Å². The molecule has 0 aliphatic carbocycles. The summed E-state index contributed by atoms with van der Waals surface area (Å²) in [5.74, 6) is 0.455. The van der Waals surface area contributed by atoms with Crippen LogP contribution in [0.1, 0.15) is 20.7 Å². The van der Waals surface area contributed by atoms with E-state index in [-0.39, 0.29) is 19.1 Å². The first kappa shape index (κ1) is 21.9. The summed E-state index contributed by atoms with van der Waals surface area (Å²) < 4.78 is 15.7. The molecule has 0 saturated heterocycles. The van der Waals surface area contributed by atoms with Crippen LogP contribution in [0, 0.1) is 0 Å². The number of hydrogen-bond acceptors (Lipinski definition) is 6. The van der Waals surface area contributed by atoms with E-state index in [0.29, 0.717) is 28.3 Å². The molecular weight excluding hydrogens is 398 g/mol. The lowest BCUT2D eigenvalue weighted by Gasteiger charge is -2.14. The van der Waals surface area contributed by atoms with Crippen LogP contribution in [0.25, 0.3) is 0 Å². The van der Waals surface area contributed by atoms with Crippen LogP contribution >= 0.6 is 0 Å². The third-order valence-corrected chi connectivity index (χ3v) is 4.31. The highest BCUT2D eigenvalue weighted by atomic mass is 16.5. The highest BCUT2D eigenvalue weighted by molar-refractivity contribution is 6.04. The van der Waals surface area contributed by atoms with Gasteiger partial charge in [-0.2, -0.15) is 0 Å². The van der Waals surface area contributed by atoms with Gasteiger partial charge in [-0.05, 0) is 60.7 Å². The number of rotatable bonds is 9. The summed E-state index contributed by atoms with van der Waals surface area (Å²) >= 11 is 0. The van der Waals surface area contributed by atoms with Gasteiger partial charge in [0.1, 0.15) is 30.8 Å². The molecule has 31 heavy (non-hydrogen) atoms. The Balaban J connectivity index is 1.42. The fourth-order valence-electron chi connectivity index (χ4n) is 2.67. The summed E-state index contributed by atoms with van der Waals surface area (Å²) in [7, 11) is 1.32. The van der Waals surface area contributed by atoms with Crippen molar-refractivity contribution in [1.82, 2.24) is 0 Å². The topological polar surface area (TPSA) is 94.1 Å². The Labute approximate surface area is 180 Å².